The van der Waals surface area contributed by atoms with Gasteiger partial charge in [-0.1, -0.05) is 30.9 Å². The van der Waals surface area contributed by atoms with Crippen molar-refractivity contribution in [2.75, 3.05) is 20.8 Å². The molecule has 0 N–H and O–H groups in total. The first-order chi connectivity index (χ1) is 11.0. The second-order valence-electron chi connectivity index (χ2n) is 5.72. The molecule has 126 valence electrons. The molecule has 5 nitrogen and oxygen atoms in total. The number of nitrogens with zero attached hydrogens (tertiary/aromatic N) is 1. The summed E-state index contributed by atoms with van der Waals surface area (Å²) in [7, 11) is 3.10. The Labute approximate surface area is 141 Å². The minimum absolute atomic E-state index is 0.104. The molecule has 1 saturated carbocycles. The molecule has 0 atom stereocenters. The third-order valence-electron chi connectivity index (χ3n) is 4.22. The summed E-state index contributed by atoms with van der Waals surface area (Å²) in [5, 5.41) is 0.431. The van der Waals surface area contributed by atoms with Crippen molar-refractivity contribution in [3.8, 4) is 5.75 Å². The molecule has 0 bridgehead atoms. The molecular weight excluding hydrogens is 318 g/mol. The second-order valence-corrected chi connectivity index (χ2v) is 6.15. The first kappa shape index (κ1) is 17.6. The summed E-state index contributed by atoms with van der Waals surface area (Å²) < 4.78 is 10.2. The Morgan fingerprint density at radius 3 is 2.61 bits per heavy atom. The predicted octanol–water partition coefficient (Wildman–Crippen LogP) is 3.30. The van der Waals surface area contributed by atoms with Gasteiger partial charge in [0.15, 0.2) is 6.61 Å². The van der Waals surface area contributed by atoms with Crippen LogP contribution in [0.2, 0.25) is 5.02 Å². The molecule has 1 aromatic rings. The van der Waals surface area contributed by atoms with Crippen LogP contribution in [0.3, 0.4) is 0 Å². The topological polar surface area (TPSA) is 55.8 Å². The lowest BCUT2D eigenvalue weighted by Crippen LogP contribution is -2.40. The predicted molar refractivity (Wildman–Crippen MR) is 87.9 cm³/mol. The van der Waals surface area contributed by atoms with Crippen molar-refractivity contribution >= 4 is 23.5 Å². The number of carbonyl (C=O) groups is 2. The average Bonchev–Trinajstić information content (AvgIpc) is 2.59. The van der Waals surface area contributed by atoms with Crippen LogP contribution in [-0.2, 0) is 9.53 Å². The highest BCUT2D eigenvalue weighted by Crippen LogP contribution is 2.25. The van der Waals surface area contributed by atoms with Gasteiger partial charge in [0.1, 0.15) is 11.3 Å². The van der Waals surface area contributed by atoms with Crippen molar-refractivity contribution in [2.24, 2.45) is 0 Å². The highest BCUT2D eigenvalue weighted by atomic mass is 35.5. The summed E-state index contributed by atoms with van der Waals surface area (Å²) in [4.78, 5) is 25.8. The number of amides is 1. The van der Waals surface area contributed by atoms with Gasteiger partial charge in [0.2, 0.25) is 0 Å². The minimum atomic E-state index is -0.523. The Morgan fingerprint density at radius 2 is 1.96 bits per heavy atom. The first-order valence-electron chi connectivity index (χ1n) is 7.79. The Morgan fingerprint density at radius 1 is 1.26 bits per heavy atom. The van der Waals surface area contributed by atoms with E-state index < -0.39 is 5.97 Å². The van der Waals surface area contributed by atoms with Crippen molar-refractivity contribution in [3.05, 3.63) is 28.8 Å². The molecule has 0 unspecified atom stereocenters. The standard InChI is InChI=1S/C17H22ClNO4/c1-19(13-6-4-3-5-7-13)16(20)11-23-15-10-12(18)8-9-14(15)17(21)22-2/h8-10,13H,3-7,11H2,1-2H3. The van der Waals surface area contributed by atoms with Crippen LogP contribution in [0.1, 0.15) is 42.5 Å². The van der Waals surface area contributed by atoms with Crippen LogP contribution < -0.4 is 4.74 Å². The molecule has 23 heavy (non-hydrogen) atoms. The summed E-state index contributed by atoms with van der Waals surface area (Å²) in [5.74, 6) is -0.368. The summed E-state index contributed by atoms with van der Waals surface area (Å²) in [6.45, 7) is -0.128. The Bertz CT molecular complexity index is 570. The van der Waals surface area contributed by atoms with Crippen molar-refractivity contribution in [2.45, 2.75) is 38.1 Å². The lowest BCUT2D eigenvalue weighted by Gasteiger charge is -2.31. The van der Waals surface area contributed by atoms with Gasteiger partial charge in [-0.2, -0.15) is 0 Å². The number of esters is 1. The van der Waals surface area contributed by atoms with Crippen molar-refractivity contribution < 1.29 is 19.1 Å². The second kappa shape index (κ2) is 8.20. The molecule has 1 fully saturated rings. The van der Waals surface area contributed by atoms with E-state index in [0.29, 0.717) is 5.02 Å². The Balaban J connectivity index is 2.00. The number of likely N-dealkylation sites (N-methyl/N-ethyl adjacent to an activating group) is 1. The number of halogens is 1. The van der Waals surface area contributed by atoms with E-state index in [0.717, 1.165) is 25.7 Å². The van der Waals surface area contributed by atoms with E-state index in [4.69, 9.17) is 21.1 Å². The average molecular weight is 340 g/mol. The number of hydrogen-bond donors (Lipinski definition) is 0. The normalized spacial score (nSPS) is 15.1. The fourth-order valence-electron chi connectivity index (χ4n) is 2.81. The maximum atomic E-state index is 12.3. The van der Waals surface area contributed by atoms with E-state index in [1.807, 2.05) is 0 Å². The van der Waals surface area contributed by atoms with Crippen molar-refractivity contribution in [3.63, 3.8) is 0 Å². The lowest BCUT2D eigenvalue weighted by atomic mass is 9.94. The minimum Gasteiger partial charge on any atom is -0.483 e. The summed E-state index contributed by atoms with van der Waals surface area (Å²) in [6.07, 6.45) is 5.62. The van der Waals surface area contributed by atoms with Crippen LogP contribution in [0.25, 0.3) is 0 Å². The molecular formula is C17H22ClNO4. The van der Waals surface area contributed by atoms with Gasteiger partial charge in [0.05, 0.1) is 7.11 Å². The first-order valence-corrected chi connectivity index (χ1v) is 8.17. The molecule has 0 aromatic heterocycles. The zero-order valence-corrected chi connectivity index (χ0v) is 14.3. The van der Waals surface area contributed by atoms with Gasteiger partial charge in [0.25, 0.3) is 5.91 Å². The molecule has 1 amide bonds. The molecule has 1 aliphatic carbocycles. The lowest BCUT2D eigenvalue weighted by molar-refractivity contribution is -0.134. The zero-order chi connectivity index (χ0) is 16.8. The number of ether oxygens (including phenoxy) is 2. The number of methoxy groups -OCH3 is 1. The van der Waals surface area contributed by atoms with Crippen LogP contribution in [0.4, 0.5) is 0 Å². The SMILES string of the molecule is COC(=O)c1ccc(Cl)cc1OCC(=O)N(C)C1CCCCC1. The van der Waals surface area contributed by atoms with Crippen LogP contribution in [0, 0.1) is 0 Å². The molecule has 6 heteroatoms. The third-order valence-corrected chi connectivity index (χ3v) is 4.45. The molecule has 0 aliphatic heterocycles. The number of rotatable bonds is 5. The quantitative estimate of drug-likeness (QED) is 0.772. The molecule has 2 rings (SSSR count). The molecule has 0 radical (unpaired) electrons. The maximum absolute atomic E-state index is 12.3. The fraction of sp³-hybridized carbons (Fsp3) is 0.529. The van der Waals surface area contributed by atoms with Crippen LogP contribution in [0.15, 0.2) is 18.2 Å². The Hall–Kier alpha value is -1.75. The van der Waals surface area contributed by atoms with Gasteiger partial charge >= 0.3 is 5.97 Å². The monoisotopic (exact) mass is 339 g/mol. The summed E-state index contributed by atoms with van der Waals surface area (Å²) in [5.41, 5.74) is 0.255. The Kier molecular flexibility index (Phi) is 6.28. The number of benzene rings is 1. The van der Waals surface area contributed by atoms with Crippen LogP contribution >= 0.6 is 11.6 Å². The van der Waals surface area contributed by atoms with E-state index in [2.05, 4.69) is 0 Å². The molecule has 0 spiro atoms. The van der Waals surface area contributed by atoms with Crippen LogP contribution in [0.5, 0.6) is 5.75 Å². The van der Waals surface area contributed by atoms with Gasteiger partial charge in [-0.05, 0) is 31.0 Å². The van der Waals surface area contributed by atoms with Gasteiger partial charge in [-0.3, -0.25) is 4.79 Å². The third kappa shape index (κ3) is 4.61. The van der Waals surface area contributed by atoms with E-state index in [1.54, 1.807) is 18.0 Å². The van der Waals surface area contributed by atoms with E-state index in [1.165, 1.54) is 25.7 Å². The highest BCUT2D eigenvalue weighted by molar-refractivity contribution is 6.30. The van der Waals surface area contributed by atoms with Gasteiger partial charge in [-0.25, -0.2) is 4.79 Å². The van der Waals surface area contributed by atoms with E-state index in [9.17, 15) is 9.59 Å². The van der Waals surface area contributed by atoms with E-state index >= 15 is 0 Å². The van der Waals surface area contributed by atoms with E-state index in [-0.39, 0.29) is 29.9 Å². The van der Waals surface area contributed by atoms with Gasteiger partial charge < -0.3 is 14.4 Å². The molecule has 1 aliphatic rings. The molecule has 0 saturated heterocycles. The van der Waals surface area contributed by atoms with Crippen molar-refractivity contribution in [1.29, 1.82) is 0 Å². The van der Waals surface area contributed by atoms with Gasteiger partial charge in [-0.15, -0.1) is 0 Å². The van der Waals surface area contributed by atoms with Crippen molar-refractivity contribution in [1.82, 2.24) is 4.90 Å². The molecule has 1 aromatic carbocycles. The summed E-state index contributed by atoms with van der Waals surface area (Å²) in [6, 6.07) is 4.90. The zero-order valence-electron chi connectivity index (χ0n) is 13.5. The maximum Gasteiger partial charge on any atom is 0.341 e. The number of carbonyl (C=O) groups excluding carboxylic acids is 2. The summed E-state index contributed by atoms with van der Waals surface area (Å²) >= 11 is 5.94. The molecule has 0 heterocycles. The van der Waals surface area contributed by atoms with Crippen LogP contribution in [-0.4, -0.2) is 43.6 Å². The number of hydrogen-bond acceptors (Lipinski definition) is 4. The smallest absolute Gasteiger partial charge is 0.341 e. The largest absolute Gasteiger partial charge is 0.483 e. The fourth-order valence-corrected chi connectivity index (χ4v) is 2.97. The van der Waals surface area contributed by atoms with Gasteiger partial charge in [0, 0.05) is 18.1 Å². The highest BCUT2D eigenvalue weighted by Gasteiger charge is 2.23.